The van der Waals surface area contributed by atoms with Crippen molar-refractivity contribution in [1.29, 1.82) is 0 Å². The van der Waals surface area contributed by atoms with Gasteiger partial charge in [-0.1, -0.05) is 66.8 Å². The van der Waals surface area contributed by atoms with E-state index in [0.717, 1.165) is 22.2 Å². The number of fused-ring (bicyclic) bond motifs is 1. The summed E-state index contributed by atoms with van der Waals surface area (Å²) in [6.45, 7) is 2.07. The molecule has 36 heavy (non-hydrogen) atoms. The zero-order chi connectivity index (χ0) is 25.4. The number of methoxy groups -OCH3 is 2. The molecule has 0 unspecified atom stereocenters. The number of nitrogens with zero attached hydrogens (tertiary/aromatic N) is 2. The predicted molar refractivity (Wildman–Crippen MR) is 140 cm³/mol. The first-order chi connectivity index (χ1) is 17.5. The number of aliphatic hydroxyl groups excluding tert-OH is 1. The number of para-hydroxylation sites is 1. The second-order valence-corrected chi connectivity index (χ2v) is 9.28. The van der Waals surface area contributed by atoms with E-state index in [1.807, 2.05) is 24.3 Å². The number of ether oxygens (including phenoxy) is 2. The Hall–Kier alpha value is -4.17. The first-order valence-electron chi connectivity index (χ1n) is 11.4. The Labute approximate surface area is 212 Å². The number of aryl methyl sites for hydroxylation is 1. The molecule has 1 atom stereocenters. The molecule has 0 aliphatic carbocycles. The Morgan fingerprint density at radius 2 is 1.81 bits per heavy atom. The lowest BCUT2D eigenvalue weighted by atomic mass is 9.94. The van der Waals surface area contributed by atoms with Gasteiger partial charge in [0.1, 0.15) is 11.8 Å². The van der Waals surface area contributed by atoms with E-state index in [1.165, 1.54) is 30.5 Å². The van der Waals surface area contributed by atoms with Gasteiger partial charge in [-0.25, -0.2) is 4.98 Å². The number of aromatic nitrogens is 1. The standard InChI is InChI=1S/C28H24N2O5S/c1-4-16-13-14-19-21(15-16)36-28(29-19)30-23(18-11-8-12-20(34-2)26(18)35-3)22(25(32)27(30)33)24(31)17-9-6-5-7-10-17/h5-15,23,31H,4H2,1-3H3/b24-22+/t23-/m0/s1. The van der Waals surface area contributed by atoms with Crippen LogP contribution in [0.15, 0.2) is 72.3 Å². The number of thiazole rings is 1. The molecule has 1 N–H and O–H groups in total. The van der Waals surface area contributed by atoms with E-state index in [-0.39, 0.29) is 11.3 Å². The van der Waals surface area contributed by atoms with E-state index in [4.69, 9.17) is 14.5 Å². The lowest BCUT2D eigenvalue weighted by molar-refractivity contribution is -0.132. The molecular formula is C28H24N2O5S. The van der Waals surface area contributed by atoms with Gasteiger partial charge < -0.3 is 14.6 Å². The minimum Gasteiger partial charge on any atom is -0.507 e. The van der Waals surface area contributed by atoms with Crippen molar-refractivity contribution in [3.8, 4) is 11.5 Å². The van der Waals surface area contributed by atoms with Crippen LogP contribution in [0.4, 0.5) is 5.13 Å². The summed E-state index contributed by atoms with van der Waals surface area (Å²) in [5.41, 5.74) is 2.77. The van der Waals surface area contributed by atoms with Gasteiger partial charge in [0.25, 0.3) is 5.78 Å². The number of benzene rings is 3. The average molecular weight is 501 g/mol. The van der Waals surface area contributed by atoms with Crippen molar-refractivity contribution in [3.05, 3.63) is 89.0 Å². The van der Waals surface area contributed by atoms with E-state index in [2.05, 4.69) is 6.92 Å². The number of hydrogen-bond donors (Lipinski definition) is 1. The highest BCUT2D eigenvalue weighted by atomic mass is 32.1. The predicted octanol–water partition coefficient (Wildman–Crippen LogP) is 5.50. The highest BCUT2D eigenvalue weighted by Gasteiger charge is 2.49. The van der Waals surface area contributed by atoms with Gasteiger partial charge in [-0.05, 0) is 30.2 Å². The van der Waals surface area contributed by atoms with Crippen molar-refractivity contribution in [3.63, 3.8) is 0 Å². The quantitative estimate of drug-likeness (QED) is 0.214. The molecule has 1 fully saturated rings. The number of anilines is 1. The number of aliphatic hydroxyl groups is 1. The van der Waals surface area contributed by atoms with Crippen molar-refractivity contribution in [2.45, 2.75) is 19.4 Å². The molecule has 2 heterocycles. The van der Waals surface area contributed by atoms with Crippen LogP contribution in [0.2, 0.25) is 0 Å². The highest BCUT2D eigenvalue weighted by Crippen LogP contribution is 2.48. The SMILES string of the molecule is CCc1ccc2nc(N3C(=O)C(=O)/C(=C(/O)c4ccccc4)[C@@H]3c3cccc(OC)c3OC)sc2c1. The third kappa shape index (κ3) is 3.79. The largest absolute Gasteiger partial charge is 0.507 e. The molecule has 182 valence electrons. The van der Waals surface area contributed by atoms with E-state index in [0.29, 0.717) is 27.8 Å². The molecule has 4 aromatic rings. The van der Waals surface area contributed by atoms with E-state index < -0.39 is 17.7 Å². The molecule has 8 heteroatoms. The van der Waals surface area contributed by atoms with Crippen LogP contribution in [0.25, 0.3) is 16.0 Å². The van der Waals surface area contributed by atoms with Crippen LogP contribution >= 0.6 is 11.3 Å². The van der Waals surface area contributed by atoms with Crippen molar-refractivity contribution in [2.75, 3.05) is 19.1 Å². The summed E-state index contributed by atoms with van der Waals surface area (Å²) in [5, 5.41) is 11.7. The van der Waals surface area contributed by atoms with Crippen LogP contribution < -0.4 is 14.4 Å². The molecule has 0 spiro atoms. The number of carbonyl (C=O) groups is 2. The maximum absolute atomic E-state index is 13.5. The first kappa shape index (κ1) is 23.6. The zero-order valence-corrected chi connectivity index (χ0v) is 20.8. The Balaban J connectivity index is 1.78. The molecule has 0 saturated carbocycles. The Bertz CT molecular complexity index is 1510. The van der Waals surface area contributed by atoms with E-state index in [1.54, 1.807) is 42.5 Å². The second kappa shape index (κ2) is 9.47. The number of hydrogen-bond acceptors (Lipinski definition) is 7. The smallest absolute Gasteiger partial charge is 0.301 e. The lowest BCUT2D eigenvalue weighted by Gasteiger charge is -2.25. The van der Waals surface area contributed by atoms with Crippen molar-refractivity contribution >= 4 is 44.1 Å². The number of amides is 1. The Morgan fingerprint density at radius 3 is 2.50 bits per heavy atom. The molecule has 5 rings (SSSR count). The van der Waals surface area contributed by atoms with Crippen molar-refractivity contribution in [2.24, 2.45) is 0 Å². The lowest BCUT2D eigenvalue weighted by Crippen LogP contribution is -2.29. The van der Waals surface area contributed by atoms with Gasteiger partial charge >= 0.3 is 5.91 Å². The summed E-state index contributed by atoms with van der Waals surface area (Å²) in [5.74, 6) is -1.01. The van der Waals surface area contributed by atoms with Crippen LogP contribution in [0, 0.1) is 0 Å². The summed E-state index contributed by atoms with van der Waals surface area (Å²) >= 11 is 1.33. The molecular weight excluding hydrogens is 476 g/mol. The average Bonchev–Trinajstić information content (AvgIpc) is 3.45. The number of ketones is 1. The maximum Gasteiger partial charge on any atom is 0.301 e. The number of carbonyl (C=O) groups excluding carboxylic acids is 2. The summed E-state index contributed by atoms with van der Waals surface area (Å²) in [4.78, 5) is 33.0. The Kier molecular flexibility index (Phi) is 6.20. The molecule has 1 aliphatic heterocycles. The Morgan fingerprint density at radius 1 is 1.03 bits per heavy atom. The minimum atomic E-state index is -0.971. The number of Topliss-reactive ketones (excluding diaryl/α,β-unsaturated/α-hetero) is 1. The van der Waals surface area contributed by atoms with Gasteiger partial charge in [-0.2, -0.15) is 0 Å². The van der Waals surface area contributed by atoms with Crippen LogP contribution in [-0.2, 0) is 16.0 Å². The summed E-state index contributed by atoms with van der Waals surface area (Å²) < 4.78 is 12.1. The van der Waals surface area contributed by atoms with Crippen LogP contribution in [-0.4, -0.2) is 36.0 Å². The molecule has 1 aliphatic rings. The summed E-state index contributed by atoms with van der Waals surface area (Å²) in [6, 6.07) is 18.9. The molecule has 7 nitrogen and oxygen atoms in total. The second-order valence-electron chi connectivity index (χ2n) is 8.27. The van der Waals surface area contributed by atoms with E-state index in [9.17, 15) is 14.7 Å². The normalized spacial score (nSPS) is 17.1. The third-order valence-electron chi connectivity index (χ3n) is 6.28. The summed E-state index contributed by atoms with van der Waals surface area (Å²) in [7, 11) is 3.01. The summed E-state index contributed by atoms with van der Waals surface area (Å²) in [6.07, 6.45) is 0.867. The first-order valence-corrected chi connectivity index (χ1v) is 12.3. The third-order valence-corrected chi connectivity index (χ3v) is 7.29. The molecule has 1 saturated heterocycles. The fourth-order valence-electron chi connectivity index (χ4n) is 4.48. The molecule has 3 aromatic carbocycles. The van der Waals surface area contributed by atoms with Gasteiger partial charge in [-0.3, -0.25) is 14.5 Å². The monoisotopic (exact) mass is 500 g/mol. The number of rotatable bonds is 6. The fraction of sp³-hybridized carbons (Fsp3) is 0.179. The minimum absolute atomic E-state index is 0.0359. The highest BCUT2D eigenvalue weighted by molar-refractivity contribution is 7.22. The van der Waals surface area contributed by atoms with Gasteiger partial charge in [0, 0.05) is 11.1 Å². The van der Waals surface area contributed by atoms with Crippen molar-refractivity contribution < 1.29 is 24.2 Å². The van der Waals surface area contributed by atoms with Gasteiger partial charge in [-0.15, -0.1) is 0 Å². The van der Waals surface area contributed by atoms with Gasteiger partial charge in [0.15, 0.2) is 16.6 Å². The van der Waals surface area contributed by atoms with Crippen molar-refractivity contribution in [1.82, 2.24) is 4.98 Å². The molecule has 0 radical (unpaired) electrons. The van der Waals surface area contributed by atoms with Crippen LogP contribution in [0.1, 0.15) is 29.7 Å². The topological polar surface area (TPSA) is 89.0 Å². The van der Waals surface area contributed by atoms with Gasteiger partial charge in [0.2, 0.25) is 0 Å². The zero-order valence-electron chi connectivity index (χ0n) is 20.0. The molecule has 0 bridgehead atoms. The van der Waals surface area contributed by atoms with E-state index >= 15 is 0 Å². The van der Waals surface area contributed by atoms with Crippen LogP contribution in [0.5, 0.6) is 11.5 Å². The van der Waals surface area contributed by atoms with Crippen LogP contribution in [0.3, 0.4) is 0 Å². The maximum atomic E-state index is 13.5. The van der Waals surface area contributed by atoms with Gasteiger partial charge in [0.05, 0.1) is 30.0 Å². The molecule has 1 aromatic heterocycles. The molecule has 1 amide bonds. The fourth-order valence-corrected chi connectivity index (χ4v) is 5.54.